The number of aromatic nitrogens is 1. The molecule has 1 aromatic heterocycles. The summed E-state index contributed by atoms with van der Waals surface area (Å²) < 4.78 is 10.9. The van der Waals surface area contributed by atoms with E-state index in [0.29, 0.717) is 36.6 Å². The first-order valence-corrected chi connectivity index (χ1v) is 9.02. The normalized spacial score (nSPS) is 16.1. The summed E-state index contributed by atoms with van der Waals surface area (Å²) in [7, 11) is 0. The number of hydrogen-bond donors (Lipinski definition) is 2. The molecule has 1 atom stereocenters. The molecular formula is C21H19N3O4. The van der Waals surface area contributed by atoms with Crippen LogP contribution in [0.1, 0.15) is 28.2 Å². The second-order valence-corrected chi connectivity index (χ2v) is 6.49. The van der Waals surface area contributed by atoms with Crippen molar-refractivity contribution in [3.8, 4) is 5.75 Å². The van der Waals surface area contributed by atoms with Crippen LogP contribution >= 0.6 is 0 Å². The molecule has 0 saturated carbocycles. The van der Waals surface area contributed by atoms with Crippen molar-refractivity contribution in [3.05, 3.63) is 77.7 Å². The number of nitrogens with one attached hydrogen (secondary N) is 2. The van der Waals surface area contributed by atoms with Gasteiger partial charge in [0, 0.05) is 18.9 Å². The molecular weight excluding hydrogens is 358 g/mol. The van der Waals surface area contributed by atoms with E-state index in [-0.39, 0.29) is 11.6 Å². The standard InChI is InChI=1S/C21H19N3O4/c25-20-17(10-11-27-19-9-5-4-8-16(19)22-20)23-21(26)18-13-15(28-24-18)12-14-6-2-1-3-7-14/h1-9,13,17H,10-12H2,(H,22,25)(H,23,26)/t17-/m1/s1. The third-order valence-corrected chi connectivity index (χ3v) is 4.44. The lowest BCUT2D eigenvalue weighted by molar-refractivity contribution is -0.118. The largest absolute Gasteiger partial charge is 0.491 e. The Kier molecular flexibility index (Phi) is 5.05. The number of carbonyl (C=O) groups is 2. The zero-order chi connectivity index (χ0) is 19.3. The molecule has 4 rings (SSSR count). The minimum Gasteiger partial charge on any atom is -0.491 e. The number of benzene rings is 2. The van der Waals surface area contributed by atoms with Crippen LogP contribution in [0.2, 0.25) is 0 Å². The van der Waals surface area contributed by atoms with Crippen LogP contribution < -0.4 is 15.4 Å². The predicted octanol–water partition coefficient (Wildman–Crippen LogP) is 2.79. The number of para-hydroxylation sites is 2. The van der Waals surface area contributed by atoms with Gasteiger partial charge in [-0.15, -0.1) is 0 Å². The zero-order valence-electron chi connectivity index (χ0n) is 15.1. The van der Waals surface area contributed by atoms with Gasteiger partial charge in [0.05, 0.1) is 12.3 Å². The Morgan fingerprint density at radius 3 is 2.79 bits per heavy atom. The first-order valence-electron chi connectivity index (χ1n) is 9.02. The Morgan fingerprint density at radius 2 is 1.93 bits per heavy atom. The maximum atomic E-state index is 12.5. The Bertz CT molecular complexity index is 984. The number of ether oxygens (including phenoxy) is 1. The second kappa shape index (κ2) is 7.96. The first-order chi connectivity index (χ1) is 13.7. The highest BCUT2D eigenvalue weighted by molar-refractivity contribution is 6.01. The van der Waals surface area contributed by atoms with Crippen LogP contribution in [-0.2, 0) is 11.2 Å². The molecule has 0 radical (unpaired) electrons. The molecule has 0 spiro atoms. The molecule has 3 aromatic rings. The summed E-state index contributed by atoms with van der Waals surface area (Å²) in [5, 5.41) is 9.32. The fourth-order valence-corrected chi connectivity index (χ4v) is 3.00. The molecule has 7 nitrogen and oxygen atoms in total. The van der Waals surface area contributed by atoms with Gasteiger partial charge in [0.15, 0.2) is 5.69 Å². The van der Waals surface area contributed by atoms with Gasteiger partial charge in [-0.25, -0.2) is 0 Å². The van der Waals surface area contributed by atoms with Crippen LogP contribution in [-0.4, -0.2) is 29.6 Å². The van der Waals surface area contributed by atoms with E-state index in [1.165, 1.54) is 0 Å². The second-order valence-electron chi connectivity index (χ2n) is 6.49. The molecule has 0 saturated heterocycles. The number of rotatable bonds is 4. The summed E-state index contributed by atoms with van der Waals surface area (Å²) in [6, 6.07) is 17.8. The fraction of sp³-hybridized carbons (Fsp3) is 0.190. The van der Waals surface area contributed by atoms with Crippen LogP contribution in [0.25, 0.3) is 0 Å². The van der Waals surface area contributed by atoms with Crippen LogP contribution in [0.3, 0.4) is 0 Å². The number of anilines is 1. The van der Waals surface area contributed by atoms with Crippen molar-refractivity contribution in [3.63, 3.8) is 0 Å². The summed E-state index contributed by atoms with van der Waals surface area (Å²) in [6.07, 6.45) is 0.885. The molecule has 0 fully saturated rings. The van der Waals surface area contributed by atoms with Crippen molar-refractivity contribution in [1.82, 2.24) is 10.5 Å². The minimum atomic E-state index is -0.727. The summed E-state index contributed by atoms with van der Waals surface area (Å²) in [6.45, 7) is 0.313. The van der Waals surface area contributed by atoms with Crippen molar-refractivity contribution in [1.29, 1.82) is 0 Å². The van der Waals surface area contributed by atoms with E-state index < -0.39 is 11.9 Å². The van der Waals surface area contributed by atoms with Gasteiger partial charge in [-0.05, 0) is 17.7 Å². The lowest BCUT2D eigenvalue weighted by Gasteiger charge is -2.22. The van der Waals surface area contributed by atoms with Crippen molar-refractivity contribution in [2.45, 2.75) is 18.9 Å². The van der Waals surface area contributed by atoms with E-state index in [1.54, 1.807) is 24.3 Å². The maximum Gasteiger partial charge on any atom is 0.274 e. The van der Waals surface area contributed by atoms with E-state index in [1.807, 2.05) is 36.4 Å². The number of amides is 2. The van der Waals surface area contributed by atoms with Crippen LogP contribution in [0.15, 0.2) is 65.2 Å². The smallest absolute Gasteiger partial charge is 0.274 e. The van der Waals surface area contributed by atoms with Crippen molar-refractivity contribution < 1.29 is 18.8 Å². The molecule has 0 aliphatic carbocycles. The first kappa shape index (κ1) is 17.8. The molecule has 0 bridgehead atoms. The van der Waals surface area contributed by atoms with Gasteiger partial charge in [0.1, 0.15) is 17.6 Å². The monoisotopic (exact) mass is 377 g/mol. The van der Waals surface area contributed by atoms with Gasteiger partial charge in [-0.1, -0.05) is 47.6 Å². The maximum absolute atomic E-state index is 12.5. The van der Waals surface area contributed by atoms with E-state index in [4.69, 9.17) is 9.26 Å². The number of carbonyl (C=O) groups excluding carboxylic acids is 2. The quantitative estimate of drug-likeness (QED) is 0.729. The van der Waals surface area contributed by atoms with Gasteiger partial charge in [0.25, 0.3) is 5.91 Å². The van der Waals surface area contributed by atoms with Gasteiger partial charge < -0.3 is 19.9 Å². The lowest BCUT2D eigenvalue weighted by Crippen LogP contribution is -2.45. The van der Waals surface area contributed by atoms with Gasteiger partial charge in [-0.2, -0.15) is 0 Å². The lowest BCUT2D eigenvalue weighted by atomic mass is 10.1. The summed E-state index contributed by atoms with van der Waals surface area (Å²) in [5.41, 5.74) is 1.78. The summed E-state index contributed by atoms with van der Waals surface area (Å²) >= 11 is 0. The SMILES string of the molecule is O=C(N[C@@H]1CCOc2ccccc2NC1=O)c1cc(Cc2ccccc2)on1. The van der Waals surface area contributed by atoms with E-state index in [9.17, 15) is 9.59 Å². The van der Waals surface area contributed by atoms with Crippen LogP contribution in [0.5, 0.6) is 5.75 Å². The van der Waals surface area contributed by atoms with Crippen molar-refractivity contribution in [2.24, 2.45) is 0 Å². The molecule has 7 heteroatoms. The fourth-order valence-electron chi connectivity index (χ4n) is 3.00. The molecule has 0 unspecified atom stereocenters. The number of nitrogens with zero attached hydrogens (tertiary/aromatic N) is 1. The molecule has 1 aliphatic rings. The topological polar surface area (TPSA) is 93.5 Å². The summed E-state index contributed by atoms with van der Waals surface area (Å²) in [4.78, 5) is 25.0. The van der Waals surface area contributed by atoms with E-state index >= 15 is 0 Å². The molecule has 2 amide bonds. The predicted molar refractivity (Wildman–Crippen MR) is 102 cm³/mol. The van der Waals surface area contributed by atoms with Gasteiger partial charge in [0.2, 0.25) is 5.91 Å². The average molecular weight is 377 g/mol. The molecule has 2 N–H and O–H groups in total. The van der Waals surface area contributed by atoms with Gasteiger partial charge >= 0.3 is 0 Å². The summed E-state index contributed by atoms with van der Waals surface area (Å²) in [5.74, 6) is 0.438. The molecule has 2 aromatic carbocycles. The number of hydrogen-bond acceptors (Lipinski definition) is 5. The highest BCUT2D eigenvalue weighted by Gasteiger charge is 2.26. The van der Waals surface area contributed by atoms with Crippen molar-refractivity contribution >= 4 is 17.5 Å². The van der Waals surface area contributed by atoms with E-state index in [0.717, 1.165) is 5.56 Å². The zero-order valence-corrected chi connectivity index (χ0v) is 15.1. The van der Waals surface area contributed by atoms with Crippen molar-refractivity contribution in [2.75, 3.05) is 11.9 Å². The molecule has 1 aliphatic heterocycles. The van der Waals surface area contributed by atoms with Gasteiger partial charge in [-0.3, -0.25) is 9.59 Å². The number of fused-ring (bicyclic) bond motifs is 1. The Balaban J connectivity index is 1.41. The highest BCUT2D eigenvalue weighted by atomic mass is 16.5. The molecule has 28 heavy (non-hydrogen) atoms. The van der Waals surface area contributed by atoms with Crippen LogP contribution in [0.4, 0.5) is 5.69 Å². The Hall–Kier alpha value is -3.61. The van der Waals surface area contributed by atoms with E-state index in [2.05, 4.69) is 15.8 Å². The third-order valence-electron chi connectivity index (χ3n) is 4.44. The third kappa shape index (κ3) is 4.03. The highest BCUT2D eigenvalue weighted by Crippen LogP contribution is 2.25. The Labute approximate surface area is 161 Å². The average Bonchev–Trinajstić information content (AvgIpc) is 3.16. The van der Waals surface area contributed by atoms with Crippen LogP contribution in [0, 0.1) is 0 Å². The minimum absolute atomic E-state index is 0.141. The molecule has 142 valence electrons. The Morgan fingerprint density at radius 1 is 1.14 bits per heavy atom. The molecule has 2 heterocycles.